The fourth-order valence-corrected chi connectivity index (χ4v) is 5.32. The maximum absolute atomic E-state index is 12.3. The van der Waals surface area contributed by atoms with Crippen LogP contribution >= 0.6 is 7.82 Å². The number of hydrogen-bond acceptors (Lipinski definition) is 7. The number of nitrogens with one attached hydrogen (secondary N) is 1. The SMILES string of the molecule is CCCCCCCCCCCCC(=O)O[C@H](COCOCCCCCCCCCCCCCCNC(C)=O)COP(=O)(O)O. The number of amides is 1. The van der Waals surface area contributed by atoms with Gasteiger partial charge in [0.2, 0.25) is 5.91 Å². The maximum atomic E-state index is 12.3. The summed E-state index contributed by atoms with van der Waals surface area (Å²) in [5.41, 5.74) is 0. The largest absolute Gasteiger partial charge is 0.469 e. The van der Waals surface area contributed by atoms with Gasteiger partial charge >= 0.3 is 13.8 Å². The average Bonchev–Trinajstić information content (AvgIpc) is 2.97. The van der Waals surface area contributed by atoms with Crippen molar-refractivity contribution < 1.29 is 42.7 Å². The van der Waals surface area contributed by atoms with E-state index in [1.807, 2.05) is 0 Å². The van der Waals surface area contributed by atoms with Gasteiger partial charge in [0.15, 0.2) is 0 Å². The first-order valence-electron chi connectivity index (χ1n) is 17.5. The Labute approximate surface area is 268 Å². The number of rotatable bonds is 34. The van der Waals surface area contributed by atoms with Gasteiger partial charge in [-0.3, -0.25) is 14.1 Å². The van der Waals surface area contributed by atoms with Gasteiger partial charge in [-0.05, 0) is 19.3 Å². The molecule has 0 heterocycles. The first-order chi connectivity index (χ1) is 21.2. The average molecular weight is 652 g/mol. The molecule has 44 heavy (non-hydrogen) atoms. The molecule has 0 aliphatic carbocycles. The van der Waals surface area contributed by atoms with E-state index in [0.717, 1.165) is 45.1 Å². The highest BCUT2D eigenvalue weighted by Crippen LogP contribution is 2.35. The van der Waals surface area contributed by atoms with Crippen LogP contribution in [0.4, 0.5) is 0 Å². The third kappa shape index (κ3) is 35.4. The first kappa shape index (κ1) is 43.0. The number of phosphoric acid groups is 1. The highest BCUT2D eigenvalue weighted by molar-refractivity contribution is 7.46. The van der Waals surface area contributed by atoms with Gasteiger partial charge in [-0.1, -0.05) is 129 Å². The summed E-state index contributed by atoms with van der Waals surface area (Å²) >= 11 is 0. The van der Waals surface area contributed by atoms with E-state index in [1.54, 1.807) is 6.92 Å². The third-order valence-corrected chi connectivity index (χ3v) is 8.01. The van der Waals surface area contributed by atoms with E-state index < -0.39 is 26.5 Å². The van der Waals surface area contributed by atoms with Gasteiger partial charge < -0.3 is 29.3 Å². The summed E-state index contributed by atoms with van der Waals surface area (Å²) in [6.45, 7) is 4.68. The monoisotopic (exact) mass is 651 g/mol. The Bertz CT molecular complexity index is 705. The van der Waals surface area contributed by atoms with E-state index >= 15 is 0 Å². The molecule has 0 saturated heterocycles. The Morgan fingerprint density at radius 2 is 1.14 bits per heavy atom. The highest BCUT2D eigenvalue weighted by Gasteiger charge is 2.21. The molecule has 262 valence electrons. The summed E-state index contributed by atoms with van der Waals surface area (Å²) in [6, 6.07) is 0. The number of unbranched alkanes of at least 4 members (excludes halogenated alkanes) is 20. The first-order valence-corrected chi connectivity index (χ1v) is 19.1. The van der Waals surface area contributed by atoms with Gasteiger partial charge in [-0.15, -0.1) is 0 Å². The number of esters is 1. The standard InChI is InChI=1S/C33H66NO9P/c1-3-4-5-6-7-8-13-16-19-22-25-33(36)43-32(29-42-44(37,38)39)28-41-30-40-27-24-21-18-15-12-10-9-11-14-17-20-23-26-34-31(2)35/h32H,3-30H2,1-2H3,(H,34,35)(H2,37,38,39)/t32-/m1/s1. The lowest BCUT2D eigenvalue weighted by atomic mass is 10.1. The van der Waals surface area contributed by atoms with E-state index in [1.165, 1.54) is 103 Å². The Kier molecular flexibility index (Phi) is 31.2. The number of hydrogen-bond donors (Lipinski definition) is 3. The van der Waals surface area contributed by atoms with Gasteiger partial charge in [0.1, 0.15) is 12.9 Å². The quantitative estimate of drug-likeness (QED) is 0.0272. The number of phosphoric ester groups is 1. The second-order valence-electron chi connectivity index (χ2n) is 12.0. The Morgan fingerprint density at radius 3 is 1.64 bits per heavy atom. The molecule has 3 N–H and O–H groups in total. The smallest absolute Gasteiger partial charge is 0.457 e. The highest BCUT2D eigenvalue weighted by atomic mass is 31.2. The minimum atomic E-state index is -4.68. The van der Waals surface area contributed by atoms with Gasteiger partial charge in [0, 0.05) is 26.5 Å². The minimum Gasteiger partial charge on any atom is -0.457 e. The summed E-state index contributed by atoms with van der Waals surface area (Å²) < 4.78 is 32.0. The van der Waals surface area contributed by atoms with Crippen molar-refractivity contribution in [2.75, 3.05) is 33.2 Å². The van der Waals surface area contributed by atoms with E-state index in [4.69, 9.17) is 24.0 Å². The summed E-state index contributed by atoms with van der Waals surface area (Å²) in [7, 11) is -4.68. The van der Waals surface area contributed by atoms with Crippen molar-refractivity contribution in [3.05, 3.63) is 0 Å². The van der Waals surface area contributed by atoms with Crippen LogP contribution in [0.5, 0.6) is 0 Å². The molecule has 0 aliphatic rings. The molecule has 0 rings (SSSR count). The Hall–Kier alpha value is -1.03. The molecule has 10 nitrogen and oxygen atoms in total. The van der Waals surface area contributed by atoms with Crippen LogP contribution in [0.1, 0.15) is 162 Å². The van der Waals surface area contributed by atoms with E-state index in [9.17, 15) is 14.2 Å². The fourth-order valence-electron chi connectivity index (χ4n) is 4.96. The van der Waals surface area contributed by atoms with Gasteiger partial charge in [-0.25, -0.2) is 4.57 Å². The summed E-state index contributed by atoms with van der Waals surface area (Å²) in [6.07, 6.45) is 25.4. The van der Waals surface area contributed by atoms with Crippen LogP contribution < -0.4 is 5.32 Å². The third-order valence-electron chi connectivity index (χ3n) is 7.52. The van der Waals surface area contributed by atoms with Crippen LogP contribution in [0, 0.1) is 0 Å². The van der Waals surface area contributed by atoms with Gasteiger partial charge in [0.25, 0.3) is 0 Å². The Morgan fingerprint density at radius 1 is 0.659 bits per heavy atom. The van der Waals surface area contributed by atoms with Crippen LogP contribution in [0.2, 0.25) is 0 Å². The topological polar surface area (TPSA) is 141 Å². The van der Waals surface area contributed by atoms with Crippen molar-refractivity contribution in [1.29, 1.82) is 0 Å². The zero-order valence-corrected chi connectivity index (χ0v) is 29.0. The molecule has 0 radical (unpaired) electrons. The summed E-state index contributed by atoms with van der Waals surface area (Å²) in [5, 5.41) is 2.84. The predicted octanol–water partition coefficient (Wildman–Crippen LogP) is 8.13. The van der Waals surface area contributed by atoms with Crippen LogP contribution in [-0.2, 0) is 32.9 Å². The van der Waals surface area contributed by atoms with E-state index in [0.29, 0.717) is 6.61 Å². The van der Waals surface area contributed by atoms with Gasteiger partial charge in [-0.2, -0.15) is 0 Å². The molecular formula is C33H66NO9P. The minimum absolute atomic E-state index is 0.0235. The molecule has 0 fully saturated rings. The van der Waals surface area contributed by atoms with Crippen molar-refractivity contribution in [2.45, 2.75) is 168 Å². The van der Waals surface area contributed by atoms with Crippen LogP contribution in [-0.4, -0.2) is 60.9 Å². The molecule has 0 bridgehead atoms. The molecule has 0 spiro atoms. The van der Waals surface area contributed by atoms with Crippen molar-refractivity contribution in [1.82, 2.24) is 5.32 Å². The number of ether oxygens (including phenoxy) is 3. The molecular weight excluding hydrogens is 585 g/mol. The Balaban J connectivity index is 3.74. The molecule has 0 aromatic carbocycles. The molecule has 0 saturated carbocycles. The van der Waals surface area contributed by atoms with Crippen molar-refractivity contribution >= 4 is 19.7 Å². The van der Waals surface area contributed by atoms with Crippen molar-refractivity contribution in [3.8, 4) is 0 Å². The molecule has 1 atom stereocenters. The van der Waals surface area contributed by atoms with Crippen molar-refractivity contribution in [3.63, 3.8) is 0 Å². The summed E-state index contributed by atoms with van der Waals surface area (Å²) in [4.78, 5) is 41.1. The molecule has 0 aromatic rings. The lowest BCUT2D eigenvalue weighted by Gasteiger charge is -2.18. The zero-order valence-electron chi connectivity index (χ0n) is 28.1. The normalized spacial score (nSPS) is 12.4. The van der Waals surface area contributed by atoms with Crippen LogP contribution in [0.25, 0.3) is 0 Å². The van der Waals surface area contributed by atoms with Crippen molar-refractivity contribution in [2.24, 2.45) is 0 Å². The zero-order chi connectivity index (χ0) is 32.6. The predicted molar refractivity (Wildman–Crippen MR) is 175 cm³/mol. The van der Waals surface area contributed by atoms with E-state index in [2.05, 4.69) is 16.8 Å². The van der Waals surface area contributed by atoms with Crippen LogP contribution in [0.3, 0.4) is 0 Å². The molecule has 0 unspecified atom stereocenters. The number of carbonyl (C=O) groups is 2. The molecule has 1 amide bonds. The van der Waals surface area contributed by atoms with Gasteiger partial charge in [0.05, 0.1) is 13.2 Å². The second kappa shape index (κ2) is 31.9. The lowest BCUT2D eigenvalue weighted by molar-refractivity contribution is -0.158. The lowest BCUT2D eigenvalue weighted by Crippen LogP contribution is -2.28. The number of carbonyl (C=O) groups excluding carboxylic acids is 2. The molecule has 0 aliphatic heterocycles. The maximum Gasteiger partial charge on any atom is 0.469 e. The van der Waals surface area contributed by atoms with Crippen LogP contribution in [0.15, 0.2) is 0 Å². The molecule has 0 aromatic heterocycles. The summed E-state index contributed by atoms with van der Waals surface area (Å²) in [5.74, 6) is -0.361. The molecule has 11 heteroatoms. The second-order valence-corrected chi connectivity index (χ2v) is 13.2. The fraction of sp³-hybridized carbons (Fsp3) is 0.939. The van der Waals surface area contributed by atoms with E-state index in [-0.39, 0.29) is 25.7 Å².